The minimum atomic E-state index is -0.00849. The van der Waals surface area contributed by atoms with E-state index in [1.807, 2.05) is 0 Å². The van der Waals surface area contributed by atoms with E-state index in [-0.39, 0.29) is 5.54 Å². The van der Waals surface area contributed by atoms with Gasteiger partial charge in [0.2, 0.25) is 0 Å². The summed E-state index contributed by atoms with van der Waals surface area (Å²) in [5, 5.41) is 3.15. The van der Waals surface area contributed by atoms with Gasteiger partial charge in [-0.2, -0.15) is 0 Å². The van der Waals surface area contributed by atoms with Gasteiger partial charge in [-0.05, 0) is 61.1 Å². The minimum absolute atomic E-state index is 0.00849. The highest BCUT2D eigenvalue weighted by atomic mass is 15.1. The van der Waals surface area contributed by atoms with Crippen LogP contribution in [-0.2, 0) is 0 Å². The van der Waals surface area contributed by atoms with E-state index >= 15 is 0 Å². The molecular formula is C13H30N4. The normalized spacial score (nSPS) is 13.5. The number of nitrogens with zero attached hydrogens (tertiary/aromatic N) is 2. The first-order valence-electron chi connectivity index (χ1n) is 6.50. The van der Waals surface area contributed by atoms with Crippen LogP contribution < -0.4 is 11.1 Å². The predicted octanol–water partition coefficient (Wildman–Crippen LogP) is 1.81. The van der Waals surface area contributed by atoms with E-state index in [1.54, 1.807) is 0 Å². The van der Waals surface area contributed by atoms with Gasteiger partial charge in [-0.3, -0.25) is 4.99 Å². The lowest BCUT2D eigenvalue weighted by Crippen LogP contribution is -2.45. The van der Waals surface area contributed by atoms with Gasteiger partial charge in [0, 0.05) is 18.1 Å². The van der Waals surface area contributed by atoms with Gasteiger partial charge in [-0.15, -0.1) is 0 Å². The highest BCUT2D eigenvalue weighted by molar-refractivity contribution is 5.78. The Balaban J connectivity index is 3.66. The molecule has 0 aliphatic heterocycles. The molecule has 0 atom stereocenters. The van der Waals surface area contributed by atoms with E-state index in [1.165, 1.54) is 6.42 Å². The molecule has 0 aromatic heterocycles. The van der Waals surface area contributed by atoms with Crippen LogP contribution in [0.25, 0.3) is 0 Å². The molecule has 17 heavy (non-hydrogen) atoms. The fourth-order valence-corrected chi connectivity index (χ4v) is 1.35. The van der Waals surface area contributed by atoms with Crippen molar-refractivity contribution in [1.29, 1.82) is 0 Å². The minimum Gasteiger partial charge on any atom is -0.370 e. The Kier molecular flexibility index (Phi) is 7.19. The maximum absolute atomic E-state index is 5.78. The Morgan fingerprint density at radius 2 is 1.88 bits per heavy atom. The van der Waals surface area contributed by atoms with Crippen LogP contribution in [0.15, 0.2) is 4.99 Å². The van der Waals surface area contributed by atoms with E-state index < -0.39 is 0 Å². The summed E-state index contributed by atoms with van der Waals surface area (Å²) in [5.74, 6) is 0.551. The molecular weight excluding hydrogens is 212 g/mol. The Bertz CT molecular complexity index is 228. The zero-order valence-electron chi connectivity index (χ0n) is 12.4. The van der Waals surface area contributed by atoms with Crippen molar-refractivity contribution in [2.24, 2.45) is 10.7 Å². The quantitative estimate of drug-likeness (QED) is 0.424. The third-order valence-electron chi connectivity index (χ3n) is 2.59. The Labute approximate surface area is 107 Å². The monoisotopic (exact) mass is 242 g/mol. The molecule has 0 aromatic carbocycles. The number of nitrogens with two attached hydrogens (primary N) is 1. The van der Waals surface area contributed by atoms with E-state index in [4.69, 9.17) is 5.73 Å². The van der Waals surface area contributed by atoms with Crippen molar-refractivity contribution >= 4 is 5.96 Å². The van der Waals surface area contributed by atoms with Crippen molar-refractivity contribution in [3.8, 4) is 0 Å². The largest absolute Gasteiger partial charge is 0.370 e. The van der Waals surface area contributed by atoms with Crippen LogP contribution >= 0.6 is 0 Å². The third kappa shape index (κ3) is 10.1. The van der Waals surface area contributed by atoms with Crippen LogP contribution in [0.2, 0.25) is 0 Å². The highest BCUT2D eigenvalue weighted by Gasteiger charge is 2.09. The topological polar surface area (TPSA) is 53.6 Å². The summed E-state index contributed by atoms with van der Waals surface area (Å²) in [6.07, 6.45) is 2.25. The van der Waals surface area contributed by atoms with E-state index in [2.05, 4.69) is 56.9 Å². The van der Waals surface area contributed by atoms with Gasteiger partial charge < -0.3 is 16.0 Å². The molecule has 3 N–H and O–H groups in total. The SMILES string of the molecule is CC(C)N(C)CCCCN=C(N)NC(C)(C)C. The second-order valence-electron chi connectivity index (χ2n) is 5.92. The summed E-state index contributed by atoms with van der Waals surface area (Å²) in [6.45, 7) is 12.6. The predicted molar refractivity (Wildman–Crippen MR) is 76.4 cm³/mol. The van der Waals surface area contributed by atoms with E-state index in [0.29, 0.717) is 12.0 Å². The van der Waals surface area contributed by atoms with Crippen LogP contribution in [0.5, 0.6) is 0 Å². The molecule has 0 fully saturated rings. The maximum Gasteiger partial charge on any atom is 0.188 e. The van der Waals surface area contributed by atoms with Gasteiger partial charge >= 0.3 is 0 Å². The highest BCUT2D eigenvalue weighted by Crippen LogP contribution is 1.99. The van der Waals surface area contributed by atoms with E-state index in [0.717, 1.165) is 19.5 Å². The lowest BCUT2D eigenvalue weighted by atomic mass is 10.1. The number of unbranched alkanes of at least 4 members (excludes halogenated alkanes) is 1. The summed E-state index contributed by atoms with van der Waals surface area (Å²) in [4.78, 5) is 6.66. The van der Waals surface area contributed by atoms with Gasteiger partial charge in [-0.1, -0.05) is 0 Å². The third-order valence-corrected chi connectivity index (χ3v) is 2.59. The molecule has 0 aliphatic rings. The van der Waals surface area contributed by atoms with Crippen molar-refractivity contribution in [2.45, 2.75) is 59.0 Å². The van der Waals surface area contributed by atoms with Crippen molar-refractivity contribution in [1.82, 2.24) is 10.2 Å². The average molecular weight is 242 g/mol. The summed E-state index contributed by atoms with van der Waals surface area (Å²) < 4.78 is 0. The fraction of sp³-hybridized carbons (Fsp3) is 0.923. The number of hydrogen-bond donors (Lipinski definition) is 2. The number of guanidine groups is 1. The molecule has 0 saturated heterocycles. The summed E-state index contributed by atoms with van der Waals surface area (Å²) in [7, 11) is 2.16. The van der Waals surface area contributed by atoms with Gasteiger partial charge in [-0.25, -0.2) is 0 Å². The zero-order chi connectivity index (χ0) is 13.5. The number of nitrogens with one attached hydrogen (secondary N) is 1. The molecule has 0 amide bonds. The number of rotatable bonds is 6. The first-order chi connectivity index (χ1) is 7.72. The molecule has 0 saturated carbocycles. The molecule has 0 bridgehead atoms. The zero-order valence-corrected chi connectivity index (χ0v) is 12.4. The van der Waals surface area contributed by atoms with Crippen LogP contribution in [-0.4, -0.2) is 42.6 Å². The molecule has 0 aliphatic carbocycles. The Morgan fingerprint density at radius 3 is 2.35 bits per heavy atom. The Hall–Kier alpha value is -0.770. The van der Waals surface area contributed by atoms with Gasteiger partial charge in [0.1, 0.15) is 0 Å². The Morgan fingerprint density at radius 1 is 1.29 bits per heavy atom. The molecule has 102 valence electrons. The lowest BCUT2D eigenvalue weighted by molar-refractivity contribution is 0.269. The van der Waals surface area contributed by atoms with Crippen molar-refractivity contribution in [3.05, 3.63) is 0 Å². The fourth-order valence-electron chi connectivity index (χ4n) is 1.35. The van der Waals surface area contributed by atoms with Gasteiger partial charge in [0.05, 0.1) is 0 Å². The molecule has 0 aromatic rings. The van der Waals surface area contributed by atoms with E-state index in [9.17, 15) is 0 Å². The van der Waals surface area contributed by atoms with Gasteiger partial charge in [0.15, 0.2) is 5.96 Å². The summed E-state index contributed by atoms with van der Waals surface area (Å²) in [5.41, 5.74) is 5.77. The van der Waals surface area contributed by atoms with Crippen LogP contribution in [0.4, 0.5) is 0 Å². The molecule has 4 nitrogen and oxygen atoms in total. The average Bonchev–Trinajstić information content (AvgIpc) is 2.13. The molecule has 0 radical (unpaired) electrons. The van der Waals surface area contributed by atoms with Gasteiger partial charge in [0.25, 0.3) is 0 Å². The second kappa shape index (κ2) is 7.54. The standard InChI is InChI=1S/C13H30N4/c1-11(2)17(6)10-8-7-9-15-12(14)16-13(3,4)5/h11H,7-10H2,1-6H3,(H3,14,15,16). The summed E-state index contributed by atoms with van der Waals surface area (Å²) >= 11 is 0. The molecule has 4 heteroatoms. The number of aliphatic imine (C=N–C) groups is 1. The van der Waals surface area contributed by atoms with Crippen LogP contribution in [0, 0.1) is 0 Å². The lowest BCUT2D eigenvalue weighted by Gasteiger charge is -2.21. The molecule has 0 heterocycles. The molecule has 0 rings (SSSR count). The van der Waals surface area contributed by atoms with Crippen LogP contribution in [0.1, 0.15) is 47.5 Å². The molecule has 0 unspecified atom stereocenters. The van der Waals surface area contributed by atoms with Crippen LogP contribution in [0.3, 0.4) is 0 Å². The second-order valence-corrected chi connectivity index (χ2v) is 5.92. The first-order valence-corrected chi connectivity index (χ1v) is 6.50. The maximum atomic E-state index is 5.78. The van der Waals surface area contributed by atoms with Crippen molar-refractivity contribution < 1.29 is 0 Å². The smallest absolute Gasteiger partial charge is 0.188 e. The number of hydrogen-bond acceptors (Lipinski definition) is 2. The van der Waals surface area contributed by atoms with Crippen molar-refractivity contribution in [3.63, 3.8) is 0 Å². The molecule has 0 spiro atoms. The summed E-state index contributed by atoms with van der Waals surface area (Å²) in [6, 6.07) is 0.617. The van der Waals surface area contributed by atoms with Crippen molar-refractivity contribution in [2.75, 3.05) is 20.1 Å². The first kappa shape index (κ1) is 16.2.